The predicted molar refractivity (Wildman–Crippen MR) is 87.1 cm³/mol. The summed E-state index contributed by atoms with van der Waals surface area (Å²) in [7, 11) is 0. The largest absolute Gasteiger partial charge is 0.465 e. The van der Waals surface area contributed by atoms with E-state index in [-0.39, 0.29) is 18.6 Å². The molecule has 6 heteroatoms. The van der Waals surface area contributed by atoms with Crippen molar-refractivity contribution in [3.8, 4) is 5.75 Å². The van der Waals surface area contributed by atoms with Crippen molar-refractivity contribution in [2.75, 3.05) is 13.2 Å². The lowest BCUT2D eigenvalue weighted by Gasteiger charge is -2.36. The van der Waals surface area contributed by atoms with Crippen LogP contribution in [0.5, 0.6) is 5.75 Å². The highest BCUT2D eigenvalue weighted by molar-refractivity contribution is 5.90. The molecule has 0 bridgehead atoms. The molecule has 24 heavy (non-hydrogen) atoms. The van der Waals surface area contributed by atoms with Crippen molar-refractivity contribution in [2.24, 2.45) is 0 Å². The molecule has 2 atom stereocenters. The number of fused-ring (bicyclic) bond motifs is 3. The minimum atomic E-state index is -1.19. The van der Waals surface area contributed by atoms with Gasteiger partial charge in [-0.05, 0) is 32.9 Å². The normalized spacial score (nSPS) is 22.7. The Bertz CT molecular complexity index is 824. The molecule has 1 aliphatic heterocycles. The molecule has 0 unspecified atom stereocenters. The van der Waals surface area contributed by atoms with E-state index < -0.39 is 23.3 Å². The van der Waals surface area contributed by atoms with Crippen LogP contribution in [0.15, 0.2) is 33.5 Å². The zero-order valence-corrected chi connectivity index (χ0v) is 14.0. The number of benzene rings is 1. The molecule has 1 aromatic heterocycles. The van der Waals surface area contributed by atoms with Crippen molar-refractivity contribution in [1.82, 2.24) is 0 Å². The monoisotopic (exact) mass is 332 g/mol. The van der Waals surface area contributed by atoms with Crippen LogP contribution in [0.4, 0.5) is 0 Å². The zero-order valence-electron chi connectivity index (χ0n) is 14.0. The summed E-state index contributed by atoms with van der Waals surface area (Å²) in [5.74, 6) is -0.149. The fraction of sp³-hybridized carbons (Fsp3) is 0.444. The van der Waals surface area contributed by atoms with Crippen molar-refractivity contribution < 1.29 is 23.4 Å². The van der Waals surface area contributed by atoms with E-state index in [9.17, 15) is 9.59 Å². The van der Waals surface area contributed by atoms with E-state index in [1.54, 1.807) is 32.0 Å². The smallest absolute Gasteiger partial charge is 0.344 e. The van der Waals surface area contributed by atoms with Crippen molar-refractivity contribution in [1.29, 1.82) is 0 Å². The summed E-state index contributed by atoms with van der Waals surface area (Å²) in [5, 5.41) is 0.632. The van der Waals surface area contributed by atoms with Gasteiger partial charge >= 0.3 is 11.6 Å². The summed E-state index contributed by atoms with van der Waals surface area (Å²) in [4.78, 5) is 25.2. The first-order valence-corrected chi connectivity index (χ1v) is 8.03. The SMILES string of the molecule is CCOC(=O)[C@@]1(C)C[C@@H](OCC)Oc2c1c(=O)oc1ccccc21. The first-order valence-electron chi connectivity index (χ1n) is 8.03. The molecule has 1 aromatic carbocycles. The van der Waals surface area contributed by atoms with Gasteiger partial charge in [-0.1, -0.05) is 12.1 Å². The van der Waals surface area contributed by atoms with Crippen molar-refractivity contribution in [3.05, 3.63) is 40.2 Å². The van der Waals surface area contributed by atoms with Gasteiger partial charge in [0.05, 0.1) is 17.6 Å². The standard InChI is InChI=1S/C18H20O6/c1-4-21-13-10-18(3,17(20)22-5-2)14-15(24-13)11-8-6-7-9-12(11)23-16(14)19/h6-9,13H,4-5,10H2,1-3H3/t13-,18-/m0/s1. The molecule has 128 valence electrons. The van der Waals surface area contributed by atoms with Gasteiger partial charge in [0.2, 0.25) is 6.29 Å². The van der Waals surface area contributed by atoms with Crippen LogP contribution in [0.25, 0.3) is 11.0 Å². The summed E-state index contributed by atoms with van der Waals surface area (Å²) in [6, 6.07) is 7.06. The molecule has 1 aliphatic rings. The molecule has 2 heterocycles. The van der Waals surface area contributed by atoms with Gasteiger partial charge in [0.1, 0.15) is 16.7 Å². The highest BCUT2D eigenvalue weighted by atomic mass is 16.7. The van der Waals surface area contributed by atoms with Crippen LogP contribution in [0.1, 0.15) is 32.8 Å². The fourth-order valence-electron chi connectivity index (χ4n) is 3.08. The second-order valence-electron chi connectivity index (χ2n) is 5.85. The lowest BCUT2D eigenvalue weighted by atomic mass is 9.77. The third-order valence-corrected chi connectivity index (χ3v) is 4.22. The van der Waals surface area contributed by atoms with Gasteiger partial charge in [-0.15, -0.1) is 0 Å². The number of para-hydroxylation sites is 1. The van der Waals surface area contributed by atoms with Crippen molar-refractivity contribution in [2.45, 2.75) is 38.9 Å². The molecule has 0 spiro atoms. The second kappa shape index (κ2) is 6.28. The first-order chi connectivity index (χ1) is 11.5. The van der Waals surface area contributed by atoms with Crippen LogP contribution in [0, 0.1) is 0 Å². The summed E-state index contributed by atoms with van der Waals surface area (Å²) < 4.78 is 22.1. The van der Waals surface area contributed by atoms with Crippen LogP contribution in [-0.4, -0.2) is 25.5 Å². The van der Waals surface area contributed by atoms with Gasteiger partial charge in [0, 0.05) is 13.0 Å². The van der Waals surface area contributed by atoms with Gasteiger partial charge in [-0.2, -0.15) is 0 Å². The Balaban J connectivity index is 2.26. The van der Waals surface area contributed by atoms with Crippen LogP contribution in [0.3, 0.4) is 0 Å². The highest BCUT2D eigenvalue weighted by Gasteiger charge is 2.49. The van der Waals surface area contributed by atoms with E-state index in [1.807, 2.05) is 13.0 Å². The first kappa shape index (κ1) is 16.5. The fourth-order valence-corrected chi connectivity index (χ4v) is 3.08. The molecule has 2 aromatic rings. The summed E-state index contributed by atoms with van der Waals surface area (Å²) in [6.07, 6.45) is -0.447. The van der Waals surface area contributed by atoms with E-state index in [1.165, 1.54) is 0 Å². The van der Waals surface area contributed by atoms with E-state index in [2.05, 4.69) is 0 Å². The molecular weight excluding hydrogens is 312 g/mol. The molecule has 0 radical (unpaired) electrons. The minimum absolute atomic E-state index is 0.190. The molecule has 6 nitrogen and oxygen atoms in total. The quantitative estimate of drug-likeness (QED) is 0.633. The lowest BCUT2D eigenvalue weighted by molar-refractivity contribution is -0.159. The third-order valence-electron chi connectivity index (χ3n) is 4.22. The zero-order chi connectivity index (χ0) is 17.3. The number of carbonyl (C=O) groups is 1. The van der Waals surface area contributed by atoms with E-state index in [0.717, 1.165) is 0 Å². The van der Waals surface area contributed by atoms with Gasteiger partial charge in [0.25, 0.3) is 0 Å². The average Bonchev–Trinajstić information content (AvgIpc) is 2.55. The molecule has 0 N–H and O–H groups in total. The molecular formula is C18H20O6. The lowest BCUT2D eigenvalue weighted by Crippen LogP contribution is -2.47. The maximum absolute atomic E-state index is 12.6. The molecule has 3 rings (SSSR count). The number of hydrogen-bond acceptors (Lipinski definition) is 6. The number of hydrogen-bond donors (Lipinski definition) is 0. The molecule has 0 amide bonds. The Labute approximate surface area is 139 Å². The predicted octanol–water partition coefficient (Wildman–Crippen LogP) is 2.76. The molecule has 0 aliphatic carbocycles. The number of ether oxygens (including phenoxy) is 3. The third kappa shape index (κ3) is 2.57. The van der Waals surface area contributed by atoms with Crippen molar-refractivity contribution >= 4 is 16.9 Å². The number of carbonyl (C=O) groups excluding carboxylic acids is 1. The maximum Gasteiger partial charge on any atom is 0.344 e. The summed E-state index contributed by atoms with van der Waals surface area (Å²) >= 11 is 0. The number of esters is 1. The van der Waals surface area contributed by atoms with E-state index >= 15 is 0 Å². The van der Waals surface area contributed by atoms with E-state index in [0.29, 0.717) is 23.3 Å². The van der Waals surface area contributed by atoms with Gasteiger partial charge < -0.3 is 18.6 Å². The van der Waals surface area contributed by atoms with Crippen LogP contribution < -0.4 is 10.4 Å². The Kier molecular flexibility index (Phi) is 4.32. The Morgan fingerprint density at radius 3 is 2.75 bits per heavy atom. The van der Waals surface area contributed by atoms with Crippen LogP contribution in [-0.2, 0) is 19.7 Å². The maximum atomic E-state index is 12.6. The number of rotatable bonds is 4. The topological polar surface area (TPSA) is 75.0 Å². The van der Waals surface area contributed by atoms with E-state index in [4.69, 9.17) is 18.6 Å². The van der Waals surface area contributed by atoms with Gasteiger partial charge in [0.15, 0.2) is 0 Å². The summed E-state index contributed by atoms with van der Waals surface area (Å²) in [5.41, 5.74) is -1.18. The molecule has 0 saturated heterocycles. The van der Waals surface area contributed by atoms with Crippen LogP contribution in [0.2, 0.25) is 0 Å². The van der Waals surface area contributed by atoms with Gasteiger partial charge in [-0.25, -0.2) is 4.79 Å². The minimum Gasteiger partial charge on any atom is -0.465 e. The Hall–Kier alpha value is -2.34. The molecule has 0 saturated carbocycles. The van der Waals surface area contributed by atoms with Gasteiger partial charge in [-0.3, -0.25) is 4.79 Å². The van der Waals surface area contributed by atoms with Crippen LogP contribution >= 0.6 is 0 Å². The Morgan fingerprint density at radius 2 is 2.04 bits per heavy atom. The summed E-state index contributed by atoms with van der Waals surface area (Å²) in [6.45, 7) is 5.90. The Morgan fingerprint density at radius 1 is 1.29 bits per heavy atom. The molecule has 0 fully saturated rings. The van der Waals surface area contributed by atoms with Crippen molar-refractivity contribution in [3.63, 3.8) is 0 Å². The highest BCUT2D eigenvalue weighted by Crippen LogP contribution is 2.43. The second-order valence-corrected chi connectivity index (χ2v) is 5.85. The average molecular weight is 332 g/mol.